The quantitative estimate of drug-likeness (QED) is 0.331. The van der Waals surface area contributed by atoms with Gasteiger partial charge in [0.15, 0.2) is 5.96 Å². The Morgan fingerprint density at radius 2 is 1.88 bits per heavy atom. The van der Waals surface area contributed by atoms with E-state index in [0.29, 0.717) is 6.54 Å². The van der Waals surface area contributed by atoms with Crippen LogP contribution < -0.4 is 10.2 Å². The van der Waals surface area contributed by atoms with Gasteiger partial charge < -0.3 is 19.9 Å². The Morgan fingerprint density at radius 3 is 2.61 bits per heavy atom. The van der Waals surface area contributed by atoms with Crippen LogP contribution in [0, 0.1) is 0 Å². The van der Waals surface area contributed by atoms with Crippen LogP contribution in [0.3, 0.4) is 0 Å². The van der Waals surface area contributed by atoms with E-state index >= 15 is 0 Å². The summed E-state index contributed by atoms with van der Waals surface area (Å²) in [4.78, 5) is 16.8. The van der Waals surface area contributed by atoms with E-state index in [9.17, 15) is 0 Å². The van der Waals surface area contributed by atoms with Gasteiger partial charge in [0.2, 0.25) is 0 Å². The molecule has 0 amide bonds. The van der Waals surface area contributed by atoms with Gasteiger partial charge in [0, 0.05) is 58.6 Å². The number of morpholine rings is 1. The van der Waals surface area contributed by atoms with Crippen molar-refractivity contribution in [2.45, 2.75) is 33.0 Å². The third-order valence-electron chi connectivity index (χ3n) is 6.04. The average molecular weight is 565 g/mol. The second-order valence-corrected chi connectivity index (χ2v) is 8.57. The van der Waals surface area contributed by atoms with Crippen molar-refractivity contribution in [3.63, 3.8) is 0 Å². The summed E-state index contributed by atoms with van der Waals surface area (Å²) in [5.41, 5.74) is 2.57. The molecule has 2 aromatic rings. The lowest BCUT2D eigenvalue weighted by atomic mass is 10.2. The van der Waals surface area contributed by atoms with E-state index in [2.05, 4.69) is 81.3 Å². The number of hydrogen-bond acceptors (Lipinski definition) is 5. The van der Waals surface area contributed by atoms with Crippen LogP contribution in [-0.4, -0.2) is 79.3 Å². The lowest BCUT2D eigenvalue weighted by Gasteiger charge is -2.36. The first-order chi connectivity index (χ1) is 15.7. The molecule has 2 fully saturated rings. The van der Waals surface area contributed by atoms with Crippen molar-refractivity contribution in [2.75, 3.05) is 57.3 Å². The lowest BCUT2D eigenvalue weighted by Crippen LogP contribution is -2.52. The topological polar surface area (TPSA) is 56.2 Å². The van der Waals surface area contributed by atoms with Crippen LogP contribution in [-0.2, 0) is 17.8 Å². The summed E-state index contributed by atoms with van der Waals surface area (Å²) < 4.78 is 5.67. The van der Waals surface area contributed by atoms with E-state index in [4.69, 9.17) is 9.73 Å². The molecule has 0 aliphatic carbocycles. The highest BCUT2D eigenvalue weighted by Crippen LogP contribution is 2.17. The molecule has 1 aromatic heterocycles. The summed E-state index contributed by atoms with van der Waals surface area (Å²) in [6.45, 7) is 13.4. The Kier molecular flexibility index (Phi) is 10.2. The van der Waals surface area contributed by atoms with Crippen molar-refractivity contribution in [1.29, 1.82) is 0 Å². The molecule has 0 saturated carbocycles. The number of anilines is 1. The smallest absolute Gasteiger partial charge is 0.194 e. The average Bonchev–Trinajstić information content (AvgIpc) is 2.83. The Labute approximate surface area is 215 Å². The van der Waals surface area contributed by atoms with Gasteiger partial charge in [-0.2, -0.15) is 0 Å². The van der Waals surface area contributed by atoms with E-state index in [1.807, 2.05) is 6.20 Å². The Hall–Kier alpha value is -1.91. The minimum Gasteiger partial charge on any atom is -0.375 e. The molecule has 180 valence electrons. The summed E-state index contributed by atoms with van der Waals surface area (Å²) in [7, 11) is 0. The second kappa shape index (κ2) is 13.1. The monoisotopic (exact) mass is 564 g/mol. The van der Waals surface area contributed by atoms with E-state index in [1.54, 1.807) is 0 Å². The zero-order valence-corrected chi connectivity index (χ0v) is 22.2. The number of nitrogens with one attached hydrogen (secondary N) is 1. The maximum atomic E-state index is 5.67. The van der Waals surface area contributed by atoms with E-state index in [1.165, 1.54) is 11.1 Å². The number of guanidine groups is 1. The van der Waals surface area contributed by atoms with Gasteiger partial charge in [-0.1, -0.05) is 30.3 Å². The normalized spacial score (nSPS) is 19.8. The minimum absolute atomic E-state index is 0. The molecule has 1 atom stereocenters. The Bertz CT molecular complexity index is 872. The number of benzene rings is 1. The van der Waals surface area contributed by atoms with Crippen molar-refractivity contribution < 1.29 is 4.74 Å². The molecule has 2 aliphatic heterocycles. The zero-order valence-electron chi connectivity index (χ0n) is 19.8. The fourth-order valence-corrected chi connectivity index (χ4v) is 4.31. The SMILES string of the molecule is CCNC(=NCc1ccnc(N2CCOC(C)C2)c1)N1CCN(Cc2ccccc2)CC1.I. The molecule has 0 radical (unpaired) electrons. The predicted octanol–water partition coefficient (Wildman–Crippen LogP) is 3.21. The first-order valence-corrected chi connectivity index (χ1v) is 11.8. The fourth-order valence-electron chi connectivity index (χ4n) is 4.31. The highest BCUT2D eigenvalue weighted by molar-refractivity contribution is 14.0. The molecule has 3 heterocycles. The van der Waals surface area contributed by atoms with Crippen LogP contribution in [0.15, 0.2) is 53.7 Å². The molecule has 4 rings (SSSR count). The third-order valence-corrected chi connectivity index (χ3v) is 6.04. The summed E-state index contributed by atoms with van der Waals surface area (Å²) in [6.07, 6.45) is 2.14. The van der Waals surface area contributed by atoms with Crippen molar-refractivity contribution in [3.8, 4) is 0 Å². The molecule has 0 bridgehead atoms. The molecular formula is C25H37IN6O. The largest absolute Gasteiger partial charge is 0.375 e. The number of nitrogens with zero attached hydrogens (tertiary/aromatic N) is 5. The number of piperazine rings is 1. The lowest BCUT2D eigenvalue weighted by molar-refractivity contribution is 0.0529. The van der Waals surface area contributed by atoms with Gasteiger partial charge in [-0.3, -0.25) is 4.90 Å². The number of ether oxygens (including phenoxy) is 1. The number of pyridine rings is 1. The number of aromatic nitrogens is 1. The van der Waals surface area contributed by atoms with E-state index in [-0.39, 0.29) is 30.1 Å². The maximum absolute atomic E-state index is 5.67. The van der Waals surface area contributed by atoms with Gasteiger partial charge in [0.05, 0.1) is 19.3 Å². The van der Waals surface area contributed by atoms with Gasteiger partial charge in [-0.15, -0.1) is 24.0 Å². The highest BCUT2D eigenvalue weighted by atomic mass is 127. The van der Waals surface area contributed by atoms with Crippen molar-refractivity contribution in [2.24, 2.45) is 4.99 Å². The number of aliphatic imine (C=N–C) groups is 1. The van der Waals surface area contributed by atoms with Crippen LogP contribution in [0.1, 0.15) is 25.0 Å². The summed E-state index contributed by atoms with van der Waals surface area (Å²) >= 11 is 0. The van der Waals surface area contributed by atoms with E-state index < -0.39 is 0 Å². The minimum atomic E-state index is 0. The molecule has 33 heavy (non-hydrogen) atoms. The molecule has 2 saturated heterocycles. The Morgan fingerprint density at radius 1 is 1.09 bits per heavy atom. The van der Waals surface area contributed by atoms with E-state index in [0.717, 1.165) is 70.7 Å². The summed E-state index contributed by atoms with van der Waals surface area (Å²) in [5, 5.41) is 3.49. The fraction of sp³-hybridized carbons (Fsp3) is 0.520. The molecule has 1 unspecified atom stereocenters. The molecule has 1 aromatic carbocycles. The molecular weight excluding hydrogens is 527 g/mol. The second-order valence-electron chi connectivity index (χ2n) is 8.57. The van der Waals surface area contributed by atoms with Gasteiger partial charge >= 0.3 is 0 Å². The van der Waals surface area contributed by atoms with Gasteiger partial charge in [0.1, 0.15) is 5.82 Å². The van der Waals surface area contributed by atoms with Crippen LogP contribution in [0.25, 0.3) is 0 Å². The molecule has 8 heteroatoms. The van der Waals surface area contributed by atoms with Crippen LogP contribution in [0.4, 0.5) is 5.82 Å². The third kappa shape index (κ3) is 7.55. The molecule has 7 nitrogen and oxygen atoms in total. The molecule has 2 aliphatic rings. The standard InChI is InChI=1S/C25H36N6O.HI/c1-3-26-25(30-13-11-29(12-14-30)20-22-7-5-4-6-8-22)28-18-23-9-10-27-24(17-23)31-15-16-32-21(2)19-31;/h4-10,17,21H,3,11-16,18-20H2,1-2H3,(H,26,28);1H. The number of rotatable bonds is 6. The predicted molar refractivity (Wildman–Crippen MR) is 145 cm³/mol. The van der Waals surface area contributed by atoms with Crippen molar-refractivity contribution >= 4 is 35.8 Å². The van der Waals surface area contributed by atoms with Crippen LogP contribution in [0.5, 0.6) is 0 Å². The zero-order chi connectivity index (χ0) is 22.2. The highest BCUT2D eigenvalue weighted by Gasteiger charge is 2.20. The van der Waals surface area contributed by atoms with Crippen LogP contribution >= 0.6 is 24.0 Å². The molecule has 1 N–H and O–H groups in total. The maximum Gasteiger partial charge on any atom is 0.194 e. The van der Waals surface area contributed by atoms with Crippen LogP contribution in [0.2, 0.25) is 0 Å². The van der Waals surface area contributed by atoms with Crippen molar-refractivity contribution in [3.05, 3.63) is 59.8 Å². The van der Waals surface area contributed by atoms with Crippen molar-refractivity contribution in [1.82, 2.24) is 20.1 Å². The number of halogens is 1. The first-order valence-electron chi connectivity index (χ1n) is 11.8. The van der Waals surface area contributed by atoms with Gasteiger partial charge in [-0.05, 0) is 37.1 Å². The first kappa shape index (κ1) is 25.7. The Balaban J connectivity index is 0.00000306. The number of hydrogen-bond donors (Lipinski definition) is 1. The summed E-state index contributed by atoms with van der Waals surface area (Å²) in [6, 6.07) is 15.0. The molecule has 0 spiro atoms. The van der Waals surface area contributed by atoms with Gasteiger partial charge in [-0.25, -0.2) is 9.98 Å². The van der Waals surface area contributed by atoms with Gasteiger partial charge in [0.25, 0.3) is 0 Å². The summed E-state index contributed by atoms with van der Waals surface area (Å²) in [5.74, 6) is 2.03.